The predicted octanol–water partition coefficient (Wildman–Crippen LogP) is 1.94. The summed E-state index contributed by atoms with van der Waals surface area (Å²) in [6.07, 6.45) is 1.91. The van der Waals surface area contributed by atoms with E-state index in [0.29, 0.717) is 25.0 Å². The molecule has 3 N–H and O–H groups in total. The molecule has 1 saturated carbocycles. The van der Waals surface area contributed by atoms with Crippen molar-refractivity contribution in [2.75, 3.05) is 11.9 Å². The summed E-state index contributed by atoms with van der Waals surface area (Å²) in [4.78, 5) is 21.9. The highest BCUT2D eigenvalue weighted by atomic mass is 19.1. The Hall–Kier alpha value is -2.09. The molecule has 1 aliphatic rings. The van der Waals surface area contributed by atoms with Crippen molar-refractivity contribution in [3.8, 4) is 0 Å². The second-order valence-corrected chi connectivity index (χ2v) is 4.83. The first-order valence-corrected chi connectivity index (χ1v) is 6.04. The number of carbonyl (C=O) groups is 1. The third kappa shape index (κ3) is 2.34. The molecule has 1 fully saturated rings. The predicted molar refractivity (Wildman–Crippen MR) is 67.0 cm³/mol. The first-order valence-electron chi connectivity index (χ1n) is 6.04. The lowest BCUT2D eigenvalue weighted by molar-refractivity contribution is -0.384. The van der Waals surface area contributed by atoms with Crippen LogP contribution in [0, 0.1) is 27.2 Å². The van der Waals surface area contributed by atoms with Gasteiger partial charge >= 0.3 is 0 Å². The second kappa shape index (κ2) is 5.12. The highest BCUT2D eigenvalue weighted by Crippen LogP contribution is 2.41. The van der Waals surface area contributed by atoms with E-state index in [-0.39, 0.29) is 6.54 Å². The van der Waals surface area contributed by atoms with Crippen molar-refractivity contribution in [3.05, 3.63) is 33.9 Å². The normalized spacial score (nSPS) is 16.4. The van der Waals surface area contributed by atoms with Crippen molar-refractivity contribution < 1.29 is 18.5 Å². The Labute approximate surface area is 113 Å². The van der Waals surface area contributed by atoms with E-state index in [1.165, 1.54) is 0 Å². The number of rotatable bonds is 4. The van der Waals surface area contributed by atoms with Gasteiger partial charge in [-0.3, -0.25) is 14.9 Å². The van der Waals surface area contributed by atoms with Crippen LogP contribution in [-0.2, 0) is 4.79 Å². The van der Waals surface area contributed by atoms with Crippen LogP contribution in [0.3, 0.4) is 0 Å². The Bertz CT molecular complexity index is 568. The van der Waals surface area contributed by atoms with Gasteiger partial charge in [0.2, 0.25) is 5.91 Å². The summed E-state index contributed by atoms with van der Waals surface area (Å²) in [6, 6.07) is 1.05. The molecule has 20 heavy (non-hydrogen) atoms. The summed E-state index contributed by atoms with van der Waals surface area (Å²) in [7, 11) is 0. The third-order valence-corrected chi connectivity index (χ3v) is 3.65. The maximum Gasteiger partial charge on any atom is 0.298 e. The van der Waals surface area contributed by atoms with Crippen LogP contribution >= 0.6 is 0 Å². The van der Waals surface area contributed by atoms with Crippen molar-refractivity contribution in [2.45, 2.75) is 19.3 Å². The maximum absolute atomic E-state index is 13.7. The minimum atomic E-state index is -1.18. The molecule has 1 aliphatic carbocycles. The Kier molecular flexibility index (Phi) is 3.67. The number of benzene rings is 1. The number of hydrogen-bond donors (Lipinski definition) is 2. The highest BCUT2D eigenvalue weighted by Gasteiger charge is 2.43. The first-order chi connectivity index (χ1) is 9.39. The Balaban J connectivity index is 2.34. The van der Waals surface area contributed by atoms with Crippen LogP contribution in [-0.4, -0.2) is 17.4 Å². The van der Waals surface area contributed by atoms with Gasteiger partial charge in [0.15, 0.2) is 11.5 Å². The average Bonchev–Trinajstić information content (AvgIpc) is 2.31. The zero-order valence-corrected chi connectivity index (χ0v) is 10.5. The summed E-state index contributed by atoms with van der Waals surface area (Å²) >= 11 is 0. The number of carbonyl (C=O) groups excluding carboxylic acids is 1. The monoisotopic (exact) mass is 285 g/mol. The zero-order chi connectivity index (χ0) is 14.9. The van der Waals surface area contributed by atoms with Gasteiger partial charge in [0, 0.05) is 12.6 Å². The number of amides is 1. The van der Waals surface area contributed by atoms with E-state index in [1.54, 1.807) is 0 Å². The topological polar surface area (TPSA) is 98.3 Å². The molecule has 0 saturated heterocycles. The van der Waals surface area contributed by atoms with Crippen LogP contribution in [0.1, 0.15) is 19.3 Å². The van der Waals surface area contributed by atoms with E-state index in [1.807, 2.05) is 0 Å². The molecule has 108 valence electrons. The van der Waals surface area contributed by atoms with Crippen molar-refractivity contribution in [3.63, 3.8) is 0 Å². The van der Waals surface area contributed by atoms with Crippen LogP contribution in [0.2, 0.25) is 0 Å². The molecule has 0 atom stereocenters. The van der Waals surface area contributed by atoms with Crippen LogP contribution in [0.15, 0.2) is 12.1 Å². The molecule has 0 unspecified atom stereocenters. The van der Waals surface area contributed by atoms with Gasteiger partial charge in [0.1, 0.15) is 5.82 Å². The van der Waals surface area contributed by atoms with Crippen LogP contribution in [0.4, 0.5) is 20.2 Å². The molecular weight excluding hydrogens is 272 g/mol. The van der Waals surface area contributed by atoms with E-state index in [0.717, 1.165) is 6.42 Å². The summed E-state index contributed by atoms with van der Waals surface area (Å²) in [5.74, 6) is -2.83. The van der Waals surface area contributed by atoms with E-state index in [9.17, 15) is 23.7 Å². The van der Waals surface area contributed by atoms with Crippen LogP contribution < -0.4 is 11.1 Å². The minimum absolute atomic E-state index is 0.0788. The lowest BCUT2D eigenvalue weighted by Crippen LogP contribution is -2.47. The molecule has 1 aromatic carbocycles. The molecule has 0 bridgehead atoms. The molecule has 0 aliphatic heterocycles. The second-order valence-electron chi connectivity index (χ2n) is 4.83. The summed E-state index contributed by atoms with van der Waals surface area (Å²) in [5.41, 5.74) is 3.28. The fourth-order valence-corrected chi connectivity index (χ4v) is 2.20. The summed E-state index contributed by atoms with van der Waals surface area (Å²) < 4.78 is 26.7. The molecule has 0 heterocycles. The molecule has 8 heteroatoms. The minimum Gasteiger partial charge on any atom is -0.329 e. The van der Waals surface area contributed by atoms with Crippen LogP contribution in [0.25, 0.3) is 0 Å². The Morgan fingerprint density at radius 1 is 1.45 bits per heavy atom. The van der Waals surface area contributed by atoms with E-state index in [4.69, 9.17) is 5.73 Å². The number of nitrogens with zero attached hydrogens (tertiary/aromatic N) is 1. The highest BCUT2D eigenvalue weighted by molar-refractivity contribution is 5.98. The smallest absolute Gasteiger partial charge is 0.298 e. The first kappa shape index (κ1) is 14.3. The largest absolute Gasteiger partial charge is 0.329 e. The van der Waals surface area contributed by atoms with E-state index in [2.05, 4.69) is 5.32 Å². The van der Waals surface area contributed by atoms with Gasteiger partial charge in [-0.1, -0.05) is 6.42 Å². The number of nitrogens with two attached hydrogens (primary N) is 1. The maximum atomic E-state index is 13.7. The molecule has 6 nitrogen and oxygen atoms in total. The Morgan fingerprint density at radius 3 is 2.55 bits per heavy atom. The van der Waals surface area contributed by atoms with Gasteiger partial charge in [-0.25, -0.2) is 8.78 Å². The van der Waals surface area contributed by atoms with Gasteiger partial charge < -0.3 is 11.1 Å². The number of nitrogens with one attached hydrogen (secondary N) is 1. The molecule has 2 rings (SSSR count). The molecule has 1 aromatic rings. The van der Waals surface area contributed by atoms with Crippen molar-refractivity contribution in [1.29, 1.82) is 0 Å². The summed E-state index contributed by atoms with van der Waals surface area (Å²) in [5, 5.41) is 13.0. The Morgan fingerprint density at radius 2 is 2.10 bits per heavy atom. The number of nitro groups is 1. The fourth-order valence-electron chi connectivity index (χ4n) is 2.20. The van der Waals surface area contributed by atoms with Gasteiger partial charge in [-0.15, -0.1) is 0 Å². The van der Waals surface area contributed by atoms with Gasteiger partial charge in [-0.05, 0) is 12.8 Å². The lowest BCUT2D eigenvalue weighted by atomic mass is 9.68. The molecule has 0 spiro atoms. The number of anilines is 1. The van der Waals surface area contributed by atoms with Crippen molar-refractivity contribution in [1.82, 2.24) is 0 Å². The van der Waals surface area contributed by atoms with Gasteiger partial charge in [0.25, 0.3) is 5.69 Å². The SMILES string of the molecule is NCC1(C(=O)Nc2c(F)cc(F)cc2[N+](=O)[O-])CCC1. The van der Waals surface area contributed by atoms with E-state index >= 15 is 0 Å². The van der Waals surface area contributed by atoms with E-state index < -0.39 is 39.3 Å². The van der Waals surface area contributed by atoms with Crippen molar-refractivity contribution >= 4 is 17.3 Å². The molecular formula is C12H13F2N3O3. The number of halogens is 2. The molecule has 1 amide bonds. The molecule has 0 radical (unpaired) electrons. The zero-order valence-electron chi connectivity index (χ0n) is 10.5. The third-order valence-electron chi connectivity index (χ3n) is 3.65. The number of nitro benzene ring substituents is 1. The van der Waals surface area contributed by atoms with Crippen LogP contribution in [0.5, 0.6) is 0 Å². The van der Waals surface area contributed by atoms with Gasteiger partial charge in [-0.2, -0.15) is 0 Å². The molecule has 0 aromatic heterocycles. The van der Waals surface area contributed by atoms with Gasteiger partial charge in [0.05, 0.1) is 16.4 Å². The lowest BCUT2D eigenvalue weighted by Gasteiger charge is -2.38. The average molecular weight is 285 g/mol. The number of hydrogen-bond acceptors (Lipinski definition) is 4. The summed E-state index contributed by atoms with van der Waals surface area (Å²) in [6.45, 7) is 0.0788. The quantitative estimate of drug-likeness (QED) is 0.652. The fraction of sp³-hybridized carbons (Fsp3) is 0.417. The standard InChI is InChI=1S/C12H13F2N3O3/c13-7-4-8(14)10(9(5-7)17(19)20)16-11(18)12(6-15)2-1-3-12/h4-5H,1-3,6,15H2,(H,16,18). The van der Waals surface area contributed by atoms with Crippen molar-refractivity contribution in [2.24, 2.45) is 11.1 Å².